The summed E-state index contributed by atoms with van der Waals surface area (Å²) in [5.74, 6) is 0.439. The van der Waals surface area contributed by atoms with Crippen molar-refractivity contribution in [2.45, 2.75) is 18.7 Å². The molecule has 0 spiro atoms. The van der Waals surface area contributed by atoms with Crippen molar-refractivity contribution in [3.05, 3.63) is 53.9 Å². The van der Waals surface area contributed by atoms with E-state index in [-0.39, 0.29) is 35.6 Å². The summed E-state index contributed by atoms with van der Waals surface area (Å²) in [6.45, 7) is 2.68. The molecule has 0 aliphatic carbocycles. The highest BCUT2D eigenvalue weighted by Crippen LogP contribution is 2.12. The predicted octanol–water partition coefficient (Wildman–Crippen LogP) is 1.02. The van der Waals surface area contributed by atoms with Crippen LogP contribution in [0.2, 0.25) is 0 Å². The number of hydrogen-bond donors (Lipinski definition) is 2. The lowest BCUT2D eigenvalue weighted by atomic mass is 10.2. The predicted molar refractivity (Wildman–Crippen MR) is 132 cm³/mol. The lowest BCUT2D eigenvalue weighted by Gasteiger charge is -2.35. The summed E-state index contributed by atoms with van der Waals surface area (Å²) in [5, 5.41) is 9.75. The fraction of sp³-hybridized carbons (Fsp3) is 0.450. The molecule has 1 amide bonds. The fourth-order valence-corrected chi connectivity index (χ4v) is 4.70. The molecule has 0 atom stereocenters. The SMILES string of the molecule is CN=C(NCCC(=O)NCc1ccccc1)N1CCN(S(=O)(=O)Cc2ccon2)CC1.I. The third-order valence-electron chi connectivity index (χ3n) is 4.93. The van der Waals surface area contributed by atoms with Gasteiger partial charge in [-0.3, -0.25) is 9.79 Å². The molecule has 2 N–H and O–H groups in total. The molecule has 1 fully saturated rings. The topological polar surface area (TPSA) is 120 Å². The Bertz CT molecular complexity index is 961. The number of halogens is 1. The normalized spacial score (nSPS) is 15.2. The van der Waals surface area contributed by atoms with Crippen molar-refractivity contribution < 1.29 is 17.7 Å². The maximum Gasteiger partial charge on any atom is 0.222 e. The first-order valence-electron chi connectivity index (χ1n) is 10.1. The van der Waals surface area contributed by atoms with E-state index in [2.05, 4.69) is 20.8 Å². The van der Waals surface area contributed by atoms with Crippen LogP contribution in [0, 0.1) is 0 Å². The molecule has 1 aliphatic heterocycles. The molecule has 2 aromatic rings. The van der Waals surface area contributed by atoms with Gasteiger partial charge in [0.05, 0.1) is 5.69 Å². The van der Waals surface area contributed by atoms with Crippen molar-refractivity contribution in [2.24, 2.45) is 4.99 Å². The molecular formula is C20H29IN6O4S. The molecule has 2 heterocycles. The number of nitrogens with zero attached hydrogens (tertiary/aromatic N) is 4. The van der Waals surface area contributed by atoms with Crippen LogP contribution in [-0.2, 0) is 27.1 Å². The third kappa shape index (κ3) is 7.74. The van der Waals surface area contributed by atoms with Crippen LogP contribution in [0.25, 0.3) is 0 Å². The molecular weight excluding hydrogens is 547 g/mol. The van der Waals surface area contributed by atoms with Gasteiger partial charge in [0, 0.05) is 58.8 Å². The molecule has 3 rings (SSSR count). The zero-order chi connectivity index (χ0) is 22.1. The zero-order valence-electron chi connectivity index (χ0n) is 17.9. The van der Waals surface area contributed by atoms with Crippen LogP contribution in [0.3, 0.4) is 0 Å². The first-order valence-corrected chi connectivity index (χ1v) is 11.7. The molecule has 0 radical (unpaired) electrons. The summed E-state index contributed by atoms with van der Waals surface area (Å²) < 4.78 is 31.3. The summed E-state index contributed by atoms with van der Waals surface area (Å²) in [5.41, 5.74) is 1.45. The summed E-state index contributed by atoms with van der Waals surface area (Å²) >= 11 is 0. The van der Waals surface area contributed by atoms with E-state index in [1.165, 1.54) is 10.6 Å². The number of carbonyl (C=O) groups excluding carboxylic acids is 1. The molecule has 0 unspecified atom stereocenters. The number of aromatic nitrogens is 1. The van der Waals surface area contributed by atoms with Crippen LogP contribution in [0.5, 0.6) is 0 Å². The lowest BCUT2D eigenvalue weighted by Crippen LogP contribution is -2.54. The van der Waals surface area contributed by atoms with E-state index < -0.39 is 10.0 Å². The van der Waals surface area contributed by atoms with Crippen LogP contribution < -0.4 is 10.6 Å². The van der Waals surface area contributed by atoms with E-state index in [0.717, 1.165) is 5.56 Å². The Balaban J connectivity index is 0.00000363. The van der Waals surface area contributed by atoms with Crippen LogP contribution in [0.1, 0.15) is 17.7 Å². The van der Waals surface area contributed by atoms with E-state index >= 15 is 0 Å². The van der Waals surface area contributed by atoms with Gasteiger partial charge in [-0.1, -0.05) is 35.5 Å². The number of piperazine rings is 1. The largest absolute Gasteiger partial charge is 0.364 e. The van der Waals surface area contributed by atoms with Gasteiger partial charge < -0.3 is 20.1 Å². The zero-order valence-corrected chi connectivity index (χ0v) is 21.1. The monoisotopic (exact) mass is 576 g/mol. The minimum Gasteiger partial charge on any atom is -0.364 e. The summed E-state index contributed by atoms with van der Waals surface area (Å²) in [7, 11) is -1.78. The maximum absolute atomic E-state index is 12.5. The van der Waals surface area contributed by atoms with Crippen molar-refractivity contribution in [2.75, 3.05) is 39.8 Å². The molecule has 176 valence electrons. The number of guanidine groups is 1. The van der Waals surface area contributed by atoms with E-state index in [1.807, 2.05) is 35.2 Å². The summed E-state index contributed by atoms with van der Waals surface area (Å²) in [6.07, 6.45) is 1.68. The Morgan fingerprint density at radius 1 is 1.12 bits per heavy atom. The Kier molecular flexibility index (Phi) is 10.4. The van der Waals surface area contributed by atoms with Gasteiger partial charge >= 0.3 is 0 Å². The highest BCUT2D eigenvalue weighted by molar-refractivity contribution is 14.0. The van der Waals surface area contributed by atoms with E-state index in [1.54, 1.807) is 13.1 Å². The second-order valence-corrected chi connectivity index (χ2v) is 9.09. The number of sulfonamides is 1. The van der Waals surface area contributed by atoms with Gasteiger partial charge in [0.2, 0.25) is 15.9 Å². The molecule has 32 heavy (non-hydrogen) atoms. The van der Waals surface area contributed by atoms with E-state index in [0.29, 0.717) is 57.3 Å². The molecule has 1 aromatic heterocycles. The van der Waals surface area contributed by atoms with E-state index in [9.17, 15) is 13.2 Å². The molecule has 1 aliphatic rings. The molecule has 1 aromatic carbocycles. The van der Waals surface area contributed by atoms with Gasteiger partial charge in [-0.15, -0.1) is 24.0 Å². The second kappa shape index (κ2) is 12.7. The van der Waals surface area contributed by atoms with Gasteiger partial charge in [0.25, 0.3) is 0 Å². The van der Waals surface area contributed by atoms with Crippen molar-refractivity contribution in [1.29, 1.82) is 0 Å². The highest BCUT2D eigenvalue weighted by atomic mass is 127. The standard InChI is InChI=1S/C20H28N6O4S.HI/c1-21-20(22-9-7-19(27)23-15-17-5-3-2-4-6-17)25-10-12-26(13-11-25)31(28,29)16-18-8-14-30-24-18;/h2-6,8,14H,7,9-13,15-16H2,1H3,(H,21,22)(H,23,27);1H. The molecule has 12 heteroatoms. The van der Waals surface area contributed by atoms with Gasteiger partial charge in [0.15, 0.2) is 5.96 Å². The van der Waals surface area contributed by atoms with Crippen molar-refractivity contribution in [1.82, 2.24) is 25.0 Å². The number of carbonyl (C=O) groups is 1. The van der Waals surface area contributed by atoms with Gasteiger partial charge in [0.1, 0.15) is 12.0 Å². The molecule has 1 saturated heterocycles. The smallest absolute Gasteiger partial charge is 0.222 e. The summed E-state index contributed by atoms with van der Waals surface area (Å²) in [4.78, 5) is 18.3. The first kappa shape index (κ1) is 26.1. The van der Waals surface area contributed by atoms with Gasteiger partial charge in [-0.05, 0) is 5.56 Å². The Morgan fingerprint density at radius 3 is 2.47 bits per heavy atom. The Hall–Kier alpha value is -2.19. The van der Waals surface area contributed by atoms with Crippen LogP contribution >= 0.6 is 24.0 Å². The third-order valence-corrected chi connectivity index (χ3v) is 6.75. The number of benzene rings is 1. The fourth-order valence-electron chi connectivity index (χ4n) is 3.27. The molecule has 0 bridgehead atoms. The number of nitrogens with one attached hydrogen (secondary N) is 2. The van der Waals surface area contributed by atoms with E-state index in [4.69, 9.17) is 4.52 Å². The number of rotatable bonds is 8. The average Bonchev–Trinajstić information content (AvgIpc) is 3.28. The number of hydrogen-bond acceptors (Lipinski definition) is 6. The Labute approximate surface area is 205 Å². The van der Waals surface area contributed by atoms with Crippen LogP contribution in [0.4, 0.5) is 0 Å². The van der Waals surface area contributed by atoms with Crippen LogP contribution in [-0.4, -0.2) is 74.4 Å². The molecule has 0 saturated carbocycles. The minimum atomic E-state index is -3.45. The quantitative estimate of drug-likeness (QED) is 0.274. The first-order chi connectivity index (χ1) is 15.0. The second-order valence-electron chi connectivity index (χ2n) is 7.12. The van der Waals surface area contributed by atoms with Crippen LogP contribution in [0.15, 0.2) is 52.2 Å². The Morgan fingerprint density at radius 2 is 1.84 bits per heavy atom. The van der Waals surface area contributed by atoms with Crippen molar-refractivity contribution in [3.63, 3.8) is 0 Å². The van der Waals surface area contributed by atoms with Gasteiger partial charge in [-0.2, -0.15) is 4.31 Å². The highest BCUT2D eigenvalue weighted by Gasteiger charge is 2.28. The lowest BCUT2D eigenvalue weighted by molar-refractivity contribution is -0.121. The number of aliphatic imine (C=N–C) groups is 1. The minimum absolute atomic E-state index is 0. The van der Waals surface area contributed by atoms with Crippen molar-refractivity contribution in [3.8, 4) is 0 Å². The van der Waals surface area contributed by atoms with Gasteiger partial charge in [-0.25, -0.2) is 8.42 Å². The number of amides is 1. The average molecular weight is 576 g/mol. The molecule has 10 nitrogen and oxygen atoms in total. The maximum atomic E-state index is 12.5. The summed E-state index contributed by atoms with van der Waals surface area (Å²) in [6, 6.07) is 11.3. The van der Waals surface area contributed by atoms with Crippen molar-refractivity contribution >= 4 is 45.9 Å².